The number of rotatable bonds is 0. The zero-order chi connectivity index (χ0) is 8.08. The van der Waals surface area contributed by atoms with Crippen molar-refractivity contribution in [1.82, 2.24) is 0 Å². The van der Waals surface area contributed by atoms with E-state index in [1.165, 1.54) is 0 Å². The average molecular weight is 180 g/mol. The SMILES string of the molecule is OB(O)O.[Mg+2].[O-][Si]([O-])(O)O. The van der Waals surface area contributed by atoms with Crippen molar-refractivity contribution in [2.24, 2.45) is 0 Å². The Kier molecular flexibility index (Phi) is 13.4. The summed E-state index contributed by atoms with van der Waals surface area (Å²) in [5.41, 5.74) is 0. The Morgan fingerprint density at radius 3 is 1.00 bits per heavy atom. The van der Waals surface area contributed by atoms with Crippen LogP contribution in [0, 0.1) is 0 Å². The van der Waals surface area contributed by atoms with E-state index in [9.17, 15) is 0 Å². The summed E-state index contributed by atoms with van der Waals surface area (Å²) in [6.07, 6.45) is 0. The average Bonchev–Trinajstić information content (AvgIpc) is 1.19. The summed E-state index contributed by atoms with van der Waals surface area (Å²) < 4.78 is 0. The third-order valence-electron chi connectivity index (χ3n) is 0. The first-order valence-electron chi connectivity index (χ1n) is 1.63. The molecule has 0 aliphatic carbocycles. The van der Waals surface area contributed by atoms with Crippen molar-refractivity contribution in [1.29, 1.82) is 0 Å². The van der Waals surface area contributed by atoms with Gasteiger partial charge in [0.05, 0.1) is 0 Å². The Balaban J connectivity index is -0.0000000910. The molecule has 0 heterocycles. The molecule has 0 fully saturated rings. The van der Waals surface area contributed by atoms with Crippen LogP contribution in [0.4, 0.5) is 0 Å². The third-order valence-corrected chi connectivity index (χ3v) is 0. The zero-order valence-corrected chi connectivity index (χ0v) is 7.25. The Bertz CT molecular complexity index is 50.4. The molecule has 0 saturated carbocycles. The van der Waals surface area contributed by atoms with Gasteiger partial charge in [0.2, 0.25) is 0 Å². The molecule has 0 bridgehead atoms. The maximum Gasteiger partial charge on any atom is 2.00 e. The van der Waals surface area contributed by atoms with Crippen molar-refractivity contribution >= 4 is 39.4 Å². The molecule has 0 spiro atoms. The molecule has 0 aliphatic rings. The largest absolute Gasteiger partial charge is 2.00 e. The fraction of sp³-hybridized carbons (Fsp3) is 0. The van der Waals surface area contributed by atoms with E-state index in [1.807, 2.05) is 0 Å². The molecule has 10 heavy (non-hydrogen) atoms. The van der Waals surface area contributed by atoms with Gasteiger partial charge in [-0.25, -0.2) is 0 Å². The first-order chi connectivity index (χ1) is 3.73. The van der Waals surface area contributed by atoms with Crippen LogP contribution in [0.1, 0.15) is 0 Å². The van der Waals surface area contributed by atoms with Crippen LogP contribution in [-0.2, 0) is 0 Å². The van der Waals surface area contributed by atoms with Crippen LogP contribution in [0.25, 0.3) is 0 Å². The van der Waals surface area contributed by atoms with Crippen LogP contribution in [0.15, 0.2) is 0 Å². The standard InChI is InChI=1S/BH3O3.Mg.H2O4Si/c2-1(3)4;;1-5(2,3)4/h2-4H;;1-2H/q;+2;-2. The summed E-state index contributed by atoms with van der Waals surface area (Å²) in [5, 5.41) is 21.5. The van der Waals surface area contributed by atoms with Gasteiger partial charge in [0.1, 0.15) is 9.05 Å². The maximum absolute atomic E-state index is 8.80. The van der Waals surface area contributed by atoms with Crippen LogP contribution >= 0.6 is 0 Å². The molecule has 0 unspecified atom stereocenters. The second-order valence-electron chi connectivity index (χ2n) is 0.895. The van der Waals surface area contributed by atoms with Crippen molar-refractivity contribution in [2.75, 3.05) is 0 Å². The van der Waals surface area contributed by atoms with Gasteiger partial charge in [-0.05, 0) is 0 Å². The summed E-state index contributed by atoms with van der Waals surface area (Å²) in [6.45, 7) is 0. The van der Waals surface area contributed by atoms with Gasteiger partial charge >= 0.3 is 30.4 Å². The first kappa shape index (κ1) is 17.0. The van der Waals surface area contributed by atoms with E-state index in [0.717, 1.165) is 0 Å². The molecule has 10 heteroatoms. The minimum absolute atomic E-state index is 0. The molecule has 0 radical (unpaired) electrons. The molecule has 0 atom stereocenters. The van der Waals surface area contributed by atoms with Crippen molar-refractivity contribution in [2.45, 2.75) is 0 Å². The van der Waals surface area contributed by atoms with Gasteiger partial charge in [-0.1, -0.05) is 0 Å². The molecule has 56 valence electrons. The molecule has 7 nitrogen and oxygen atoms in total. The molecule has 0 aromatic rings. The van der Waals surface area contributed by atoms with E-state index in [2.05, 4.69) is 0 Å². The molecular formula is H5BMgO7Si. The molecule has 0 aliphatic heterocycles. The fourth-order valence-electron chi connectivity index (χ4n) is 0. The predicted octanol–water partition coefficient (Wildman–Crippen LogP) is -6.31. The smallest absolute Gasteiger partial charge is 0.828 e. The summed E-state index contributed by atoms with van der Waals surface area (Å²) >= 11 is 0. The van der Waals surface area contributed by atoms with Gasteiger partial charge < -0.3 is 34.3 Å². The van der Waals surface area contributed by atoms with Crippen molar-refractivity contribution in [3.63, 3.8) is 0 Å². The van der Waals surface area contributed by atoms with Crippen LogP contribution in [0.2, 0.25) is 0 Å². The van der Waals surface area contributed by atoms with E-state index in [1.54, 1.807) is 0 Å². The number of hydrogen-bond acceptors (Lipinski definition) is 7. The minimum Gasteiger partial charge on any atom is -0.828 e. The van der Waals surface area contributed by atoms with Gasteiger partial charge in [-0.15, -0.1) is 0 Å². The second kappa shape index (κ2) is 7.87. The van der Waals surface area contributed by atoms with E-state index in [4.69, 9.17) is 34.3 Å². The van der Waals surface area contributed by atoms with E-state index >= 15 is 0 Å². The molecule has 0 saturated heterocycles. The van der Waals surface area contributed by atoms with E-state index in [-0.39, 0.29) is 23.1 Å². The first-order valence-corrected chi connectivity index (χ1v) is 3.34. The van der Waals surface area contributed by atoms with E-state index < -0.39 is 16.4 Å². The molecule has 5 N–H and O–H groups in total. The Morgan fingerprint density at radius 2 is 1.00 bits per heavy atom. The van der Waals surface area contributed by atoms with Gasteiger partial charge in [0.25, 0.3) is 0 Å². The monoisotopic (exact) mass is 180 g/mol. The summed E-state index contributed by atoms with van der Waals surface area (Å²) in [7, 11) is -7.28. The minimum atomic E-state index is -5.11. The maximum atomic E-state index is 8.80. The second-order valence-corrected chi connectivity index (χ2v) is 1.99. The van der Waals surface area contributed by atoms with Crippen molar-refractivity contribution in [3.8, 4) is 0 Å². The van der Waals surface area contributed by atoms with E-state index in [0.29, 0.717) is 0 Å². The van der Waals surface area contributed by atoms with Crippen molar-refractivity contribution < 1.29 is 34.3 Å². The summed E-state index contributed by atoms with van der Waals surface area (Å²) in [6, 6.07) is 0. The Morgan fingerprint density at radius 1 is 1.00 bits per heavy atom. The van der Waals surface area contributed by atoms with Crippen LogP contribution in [0.3, 0.4) is 0 Å². The topological polar surface area (TPSA) is 147 Å². The molecule has 0 aromatic carbocycles. The quantitative estimate of drug-likeness (QED) is 0.233. The zero-order valence-electron chi connectivity index (χ0n) is 4.84. The fourth-order valence-corrected chi connectivity index (χ4v) is 0. The number of hydrogen-bond donors (Lipinski definition) is 5. The van der Waals surface area contributed by atoms with Gasteiger partial charge in [-0.2, -0.15) is 0 Å². The normalized spacial score (nSPS) is 8.70. The summed E-state index contributed by atoms with van der Waals surface area (Å²) in [5.74, 6) is 0. The van der Waals surface area contributed by atoms with Crippen LogP contribution < -0.4 is 9.59 Å². The van der Waals surface area contributed by atoms with Gasteiger partial charge in [0.15, 0.2) is 0 Å². The summed E-state index contributed by atoms with van der Waals surface area (Å²) in [4.78, 5) is 31.8. The van der Waals surface area contributed by atoms with Crippen molar-refractivity contribution in [3.05, 3.63) is 0 Å². The molecular weight excluding hydrogens is 175 g/mol. The van der Waals surface area contributed by atoms with Crippen LogP contribution in [0.5, 0.6) is 0 Å². The Labute approximate surface area is 74.0 Å². The molecule has 0 amide bonds. The third kappa shape index (κ3) is 897. The molecule has 0 rings (SSSR count). The van der Waals surface area contributed by atoms with Gasteiger partial charge in [-0.3, -0.25) is 0 Å². The van der Waals surface area contributed by atoms with Gasteiger partial charge in [0, 0.05) is 0 Å². The van der Waals surface area contributed by atoms with Crippen LogP contribution in [-0.4, -0.2) is 64.1 Å². The molecule has 0 aromatic heterocycles. The Hall–Kier alpha value is 0.768. The predicted molar refractivity (Wildman–Crippen MR) is 28.4 cm³/mol.